The van der Waals surface area contributed by atoms with Crippen LogP contribution in [0.2, 0.25) is 0 Å². The lowest BCUT2D eigenvalue weighted by molar-refractivity contribution is -0.145. The minimum Gasteiger partial charge on any atom is -0.480 e. The van der Waals surface area contributed by atoms with Crippen molar-refractivity contribution < 1.29 is 19.4 Å². The van der Waals surface area contributed by atoms with Gasteiger partial charge >= 0.3 is 11.9 Å². The molecule has 6 heteroatoms. The van der Waals surface area contributed by atoms with E-state index in [1.54, 1.807) is 0 Å². The molecular formula is C7H13NO4S. The molecule has 0 aliphatic heterocycles. The predicted molar refractivity (Wildman–Crippen MR) is 49.4 cm³/mol. The van der Waals surface area contributed by atoms with Crippen molar-refractivity contribution in [1.29, 1.82) is 0 Å². The van der Waals surface area contributed by atoms with E-state index in [1.807, 2.05) is 0 Å². The number of esters is 1. The number of hydrogen-bond acceptors (Lipinski definition) is 5. The summed E-state index contributed by atoms with van der Waals surface area (Å²) in [7, 11) is 1.54. The number of carbonyl (C=O) groups is 2. The second-order valence-electron chi connectivity index (χ2n) is 2.56. The highest BCUT2D eigenvalue weighted by atomic mass is 32.1. The molecule has 0 amide bonds. The number of carboxylic acid groups (broad SMARTS) is 1. The fraction of sp³-hybridized carbons (Fsp3) is 0.714. The molecule has 0 aliphatic rings. The molecule has 76 valence electrons. The smallest absolute Gasteiger partial charge is 0.321 e. The maximum Gasteiger partial charge on any atom is 0.321 e. The van der Waals surface area contributed by atoms with Crippen LogP contribution >= 0.6 is 12.8 Å². The van der Waals surface area contributed by atoms with Gasteiger partial charge in [-0.25, -0.2) is 4.31 Å². The lowest BCUT2D eigenvalue weighted by Gasteiger charge is -2.17. The molecule has 0 aliphatic carbocycles. The summed E-state index contributed by atoms with van der Waals surface area (Å²) in [5, 5.41) is 8.68. The number of hydrogen-bond donors (Lipinski definition) is 2. The van der Waals surface area contributed by atoms with E-state index in [9.17, 15) is 9.59 Å². The van der Waals surface area contributed by atoms with E-state index in [0.29, 0.717) is 0 Å². The number of thiol groups is 1. The normalized spacial score (nSPS) is 12.6. The molecule has 1 atom stereocenters. The molecule has 5 nitrogen and oxygen atoms in total. The zero-order valence-electron chi connectivity index (χ0n) is 7.56. The van der Waals surface area contributed by atoms with Gasteiger partial charge in [0.15, 0.2) is 0 Å². The third-order valence-corrected chi connectivity index (χ3v) is 1.71. The van der Waals surface area contributed by atoms with Crippen molar-refractivity contribution in [2.45, 2.75) is 19.4 Å². The van der Waals surface area contributed by atoms with Gasteiger partial charge in [0.05, 0.1) is 6.61 Å². The summed E-state index contributed by atoms with van der Waals surface area (Å²) in [5.74, 6) is -1.39. The SMILES string of the molecule is CC(=O)OCCC(C(=O)O)N(C)S. The van der Waals surface area contributed by atoms with E-state index in [1.165, 1.54) is 18.3 Å². The Morgan fingerprint density at radius 1 is 1.62 bits per heavy atom. The fourth-order valence-electron chi connectivity index (χ4n) is 0.784. The molecule has 0 aromatic carbocycles. The molecule has 0 rings (SSSR count). The van der Waals surface area contributed by atoms with Gasteiger partial charge in [-0.05, 0) is 7.05 Å². The number of likely N-dealkylation sites (N-methyl/N-ethyl adjacent to an activating group) is 1. The van der Waals surface area contributed by atoms with Crippen molar-refractivity contribution in [3.8, 4) is 0 Å². The summed E-state index contributed by atoms with van der Waals surface area (Å²) in [4.78, 5) is 20.9. The quantitative estimate of drug-likeness (QED) is 0.497. The van der Waals surface area contributed by atoms with Gasteiger partial charge in [-0.3, -0.25) is 9.59 Å². The van der Waals surface area contributed by atoms with Crippen molar-refractivity contribution >= 4 is 24.8 Å². The third-order valence-electron chi connectivity index (χ3n) is 1.43. The van der Waals surface area contributed by atoms with E-state index in [2.05, 4.69) is 17.6 Å². The molecule has 0 aromatic rings. The monoisotopic (exact) mass is 207 g/mol. The summed E-state index contributed by atoms with van der Waals surface area (Å²) in [6.07, 6.45) is 0.231. The largest absolute Gasteiger partial charge is 0.480 e. The van der Waals surface area contributed by atoms with Gasteiger partial charge in [0.25, 0.3) is 0 Å². The molecule has 0 fully saturated rings. The Balaban J connectivity index is 3.84. The summed E-state index contributed by atoms with van der Waals surface area (Å²) < 4.78 is 5.88. The highest BCUT2D eigenvalue weighted by Gasteiger charge is 2.20. The van der Waals surface area contributed by atoms with E-state index in [0.717, 1.165) is 0 Å². The van der Waals surface area contributed by atoms with Crippen LogP contribution in [0.25, 0.3) is 0 Å². The summed E-state index contributed by atoms with van der Waals surface area (Å²) >= 11 is 3.87. The number of aliphatic carboxylic acids is 1. The standard InChI is InChI=1S/C7H13NO4S/c1-5(9)12-4-3-6(7(10)11)8(2)13/h6,13H,3-4H2,1-2H3,(H,10,11). The van der Waals surface area contributed by atoms with Crippen molar-refractivity contribution in [3.63, 3.8) is 0 Å². The second kappa shape index (κ2) is 5.82. The molecule has 13 heavy (non-hydrogen) atoms. The topological polar surface area (TPSA) is 66.8 Å². The van der Waals surface area contributed by atoms with Crippen LogP contribution in [0.15, 0.2) is 0 Å². The van der Waals surface area contributed by atoms with Gasteiger partial charge in [0.1, 0.15) is 6.04 Å². The highest BCUT2D eigenvalue weighted by Crippen LogP contribution is 2.04. The molecule has 0 heterocycles. The first kappa shape index (κ1) is 12.2. The molecule has 0 saturated carbocycles. The Labute approximate surface area is 82.2 Å². The maximum atomic E-state index is 10.6. The first-order valence-electron chi connectivity index (χ1n) is 3.73. The van der Waals surface area contributed by atoms with Gasteiger partial charge in [-0.15, -0.1) is 0 Å². The number of carboxylic acids is 1. The van der Waals surface area contributed by atoms with Gasteiger partial charge in [-0.1, -0.05) is 12.8 Å². The van der Waals surface area contributed by atoms with Gasteiger partial charge < -0.3 is 9.84 Å². The van der Waals surface area contributed by atoms with E-state index in [4.69, 9.17) is 5.11 Å². The van der Waals surface area contributed by atoms with Crippen LogP contribution in [-0.2, 0) is 14.3 Å². The zero-order chi connectivity index (χ0) is 10.4. The Bertz CT molecular complexity index is 195. The van der Waals surface area contributed by atoms with Crippen LogP contribution in [-0.4, -0.2) is 41.0 Å². The summed E-state index contributed by atoms with van der Waals surface area (Å²) in [6.45, 7) is 1.37. The lowest BCUT2D eigenvalue weighted by atomic mass is 10.2. The fourth-order valence-corrected chi connectivity index (χ4v) is 0.999. The Hall–Kier alpha value is -0.750. The predicted octanol–water partition coefficient (Wildman–Crippen LogP) is 0.169. The van der Waals surface area contributed by atoms with Gasteiger partial charge in [0.2, 0.25) is 0 Å². The summed E-state index contributed by atoms with van der Waals surface area (Å²) in [5.41, 5.74) is 0. The highest BCUT2D eigenvalue weighted by molar-refractivity contribution is 7.77. The Morgan fingerprint density at radius 2 is 2.15 bits per heavy atom. The van der Waals surface area contributed by atoms with Crippen LogP contribution in [0.5, 0.6) is 0 Å². The summed E-state index contributed by atoms with van der Waals surface area (Å²) in [6, 6.07) is -0.734. The molecule has 0 saturated heterocycles. The molecule has 1 unspecified atom stereocenters. The van der Waals surface area contributed by atoms with Crippen LogP contribution in [0.3, 0.4) is 0 Å². The van der Waals surface area contributed by atoms with Gasteiger partial charge in [0, 0.05) is 13.3 Å². The van der Waals surface area contributed by atoms with Crippen molar-refractivity contribution in [2.75, 3.05) is 13.7 Å². The molecule has 1 N–H and O–H groups in total. The first-order chi connectivity index (χ1) is 5.95. The lowest BCUT2D eigenvalue weighted by Crippen LogP contribution is -2.33. The van der Waals surface area contributed by atoms with Crippen LogP contribution in [0.1, 0.15) is 13.3 Å². The second-order valence-corrected chi connectivity index (χ2v) is 3.19. The number of rotatable bonds is 5. The third kappa shape index (κ3) is 5.48. The average molecular weight is 207 g/mol. The minimum absolute atomic E-state index is 0.0944. The molecule has 0 spiro atoms. The molecule has 0 bridgehead atoms. The van der Waals surface area contributed by atoms with Crippen LogP contribution in [0.4, 0.5) is 0 Å². The molecule has 0 radical (unpaired) electrons. The first-order valence-corrected chi connectivity index (χ1v) is 4.13. The Morgan fingerprint density at radius 3 is 2.46 bits per heavy atom. The molecule has 0 aromatic heterocycles. The van der Waals surface area contributed by atoms with Gasteiger partial charge in [-0.2, -0.15) is 0 Å². The van der Waals surface area contributed by atoms with E-state index >= 15 is 0 Å². The number of ether oxygens (including phenoxy) is 1. The minimum atomic E-state index is -0.982. The van der Waals surface area contributed by atoms with Crippen LogP contribution < -0.4 is 0 Å². The zero-order valence-corrected chi connectivity index (χ0v) is 8.45. The Kier molecular flexibility index (Phi) is 5.48. The van der Waals surface area contributed by atoms with Crippen molar-refractivity contribution in [3.05, 3.63) is 0 Å². The average Bonchev–Trinajstić information content (AvgIpc) is 1.95. The van der Waals surface area contributed by atoms with E-state index in [-0.39, 0.29) is 13.0 Å². The number of nitrogens with zero attached hydrogens (tertiary/aromatic N) is 1. The maximum absolute atomic E-state index is 10.6. The van der Waals surface area contributed by atoms with E-state index < -0.39 is 18.0 Å². The number of carbonyl (C=O) groups excluding carboxylic acids is 1. The van der Waals surface area contributed by atoms with Crippen molar-refractivity contribution in [1.82, 2.24) is 4.31 Å². The molecular weight excluding hydrogens is 194 g/mol. The van der Waals surface area contributed by atoms with Crippen molar-refractivity contribution in [2.24, 2.45) is 0 Å². The van der Waals surface area contributed by atoms with Crippen LogP contribution in [0, 0.1) is 0 Å².